The Kier molecular flexibility index (Phi) is 9.37. The van der Waals surface area contributed by atoms with Crippen LogP contribution >= 0.6 is 0 Å². The van der Waals surface area contributed by atoms with E-state index in [9.17, 15) is 33.9 Å². The molecule has 4 amide bonds. The van der Waals surface area contributed by atoms with E-state index in [4.69, 9.17) is 16.6 Å². The highest BCUT2D eigenvalue weighted by molar-refractivity contribution is 5.96. The minimum absolute atomic E-state index is 0.223. The van der Waals surface area contributed by atoms with E-state index in [1.54, 1.807) is 13.8 Å². The van der Waals surface area contributed by atoms with Crippen LogP contribution in [0.4, 0.5) is 0 Å². The van der Waals surface area contributed by atoms with Crippen LogP contribution in [-0.2, 0) is 28.8 Å². The van der Waals surface area contributed by atoms with Gasteiger partial charge in [-0.15, -0.1) is 0 Å². The predicted molar refractivity (Wildman–Crippen MR) is 105 cm³/mol. The number of carbonyl (C=O) groups excluding carboxylic acids is 4. The molecular formula is C18H29N5O8. The summed E-state index contributed by atoms with van der Waals surface area (Å²) < 4.78 is 0. The Labute approximate surface area is 178 Å². The van der Waals surface area contributed by atoms with Gasteiger partial charge in [-0.3, -0.25) is 24.0 Å². The van der Waals surface area contributed by atoms with Crippen molar-refractivity contribution in [2.75, 3.05) is 6.54 Å². The molecule has 1 aliphatic heterocycles. The first-order valence-corrected chi connectivity index (χ1v) is 9.74. The Hall–Kier alpha value is -3.22. The summed E-state index contributed by atoms with van der Waals surface area (Å²) in [4.78, 5) is 72.4. The van der Waals surface area contributed by atoms with Crippen molar-refractivity contribution >= 4 is 35.6 Å². The zero-order chi connectivity index (χ0) is 23.9. The van der Waals surface area contributed by atoms with Crippen LogP contribution < -0.4 is 22.1 Å². The molecule has 0 aliphatic carbocycles. The van der Waals surface area contributed by atoms with Gasteiger partial charge in [-0.05, 0) is 18.8 Å². The molecule has 8 N–H and O–H groups in total. The van der Waals surface area contributed by atoms with E-state index in [0.29, 0.717) is 12.8 Å². The number of nitrogens with two attached hydrogens (primary N) is 2. The summed E-state index contributed by atoms with van der Waals surface area (Å²) in [5.41, 5.74) is 10.6. The third-order valence-corrected chi connectivity index (χ3v) is 4.82. The highest BCUT2D eigenvalue weighted by Crippen LogP contribution is 2.20. The fourth-order valence-electron chi connectivity index (χ4n) is 3.20. The van der Waals surface area contributed by atoms with Crippen LogP contribution in [0.3, 0.4) is 0 Å². The Bertz CT molecular complexity index is 740. The van der Waals surface area contributed by atoms with Gasteiger partial charge in [0.2, 0.25) is 23.6 Å². The molecule has 0 aromatic heterocycles. The molecule has 1 saturated heterocycles. The average Bonchev–Trinajstić information content (AvgIpc) is 3.13. The van der Waals surface area contributed by atoms with Gasteiger partial charge in [0.25, 0.3) is 0 Å². The summed E-state index contributed by atoms with van der Waals surface area (Å²) >= 11 is 0. The molecule has 0 radical (unpaired) electrons. The van der Waals surface area contributed by atoms with Gasteiger partial charge in [-0.1, -0.05) is 13.8 Å². The molecule has 4 atom stereocenters. The van der Waals surface area contributed by atoms with Gasteiger partial charge in [0.05, 0.1) is 18.9 Å². The maximum absolute atomic E-state index is 12.9. The molecule has 1 heterocycles. The lowest BCUT2D eigenvalue weighted by molar-refractivity contribution is -0.150. The van der Waals surface area contributed by atoms with E-state index in [2.05, 4.69) is 10.6 Å². The molecule has 13 heteroatoms. The highest BCUT2D eigenvalue weighted by Gasteiger charge is 2.39. The van der Waals surface area contributed by atoms with Gasteiger partial charge >= 0.3 is 11.9 Å². The number of hydrogen-bond donors (Lipinski definition) is 6. The largest absolute Gasteiger partial charge is 0.481 e. The molecule has 0 aromatic rings. The Morgan fingerprint density at radius 2 is 1.65 bits per heavy atom. The molecule has 1 fully saturated rings. The number of carbonyl (C=O) groups is 6. The molecule has 0 spiro atoms. The van der Waals surface area contributed by atoms with Gasteiger partial charge < -0.3 is 37.2 Å². The number of hydrogen-bond acceptors (Lipinski definition) is 7. The molecule has 31 heavy (non-hydrogen) atoms. The van der Waals surface area contributed by atoms with Crippen LogP contribution in [0, 0.1) is 5.92 Å². The van der Waals surface area contributed by atoms with Crippen LogP contribution in [-0.4, -0.2) is 81.4 Å². The minimum atomic E-state index is -1.49. The van der Waals surface area contributed by atoms with Gasteiger partial charge in [-0.2, -0.15) is 0 Å². The zero-order valence-corrected chi connectivity index (χ0v) is 17.4. The topological polar surface area (TPSA) is 222 Å². The summed E-state index contributed by atoms with van der Waals surface area (Å²) in [6.07, 6.45) is -0.516. The number of aliphatic carboxylic acids is 2. The molecule has 0 bridgehead atoms. The van der Waals surface area contributed by atoms with E-state index in [0.717, 1.165) is 0 Å². The summed E-state index contributed by atoms with van der Waals surface area (Å²) in [5.74, 6) is -6.33. The molecule has 4 unspecified atom stereocenters. The third kappa shape index (κ3) is 7.51. The normalized spacial score (nSPS) is 18.7. The Morgan fingerprint density at radius 1 is 1.03 bits per heavy atom. The van der Waals surface area contributed by atoms with Crippen molar-refractivity contribution in [1.29, 1.82) is 0 Å². The van der Waals surface area contributed by atoms with E-state index in [-0.39, 0.29) is 6.54 Å². The van der Waals surface area contributed by atoms with Crippen molar-refractivity contribution in [2.24, 2.45) is 17.4 Å². The zero-order valence-electron chi connectivity index (χ0n) is 17.4. The third-order valence-electron chi connectivity index (χ3n) is 4.82. The number of nitrogens with one attached hydrogen (secondary N) is 2. The average molecular weight is 443 g/mol. The summed E-state index contributed by atoms with van der Waals surface area (Å²) in [6.45, 7) is 3.50. The summed E-state index contributed by atoms with van der Waals surface area (Å²) in [5, 5.41) is 22.6. The molecule has 0 aromatic carbocycles. The van der Waals surface area contributed by atoms with E-state index in [1.807, 2.05) is 0 Å². The van der Waals surface area contributed by atoms with Crippen molar-refractivity contribution in [2.45, 2.75) is 63.7 Å². The SMILES string of the molecule is CC(C)C(NC(=O)C(CC(N)=O)NC(=O)C(N)CC(=O)O)C(=O)N1CCCC1C(=O)O. The lowest BCUT2D eigenvalue weighted by Crippen LogP contribution is -2.59. The van der Waals surface area contributed by atoms with E-state index in [1.165, 1.54) is 4.90 Å². The van der Waals surface area contributed by atoms with Crippen LogP contribution in [0.25, 0.3) is 0 Å². The number of primary amides is 1. The predicted octanol–water partition coefficient (Wildman–Crippen LogP) is -2.63. The van der Waals surface area contributed by atoms with Crippen molar-refractivity contribution in [3.8, 4) is 0 Å². The second-order valence-electron chi connectivity index (χ2n) is 7.69. The second kappa shape index (κ2) is 11.2. The molecular weight excluding hydrogens is 414 g/mol. The second-order valence-corrected chi connectivity index (χ2v) is 7.69. The maximum Gasteiger partial charge on any atom is 0.326 e. The Morgan fingerprint density at radius 3 is 2.13 bits per heavy atom. The number of carboxylic acids is 2. The van der Waals surface area contributed by atoms with Gasteiger partial charge in [0.1, 0.15) is 18.1 Å². The van der Waals surface area contributed by atoms with Crippen LogP contribution in [0.1, 0.15) is 39.5 Å². The van der Waals surface area contributed by atoms with Gasteiger partial charge in [-0.25, -0.2) is 4.79 Å². The Balaban J connectivity index is 2.97. The molecule has 1 aliphatic rings. The number of rotatable bonds is 11. The molecule has 1 rings (SSSR count). The van der Waals surface area contributed by atoms with Crippen molar-refractivity contribution in [1.82, 2.24) is 15.5 Å². The first kappa shape index (κ1) is 25.8. The summed E-state index contributed by atoms with van der Waals surface area (Å²) in [6, 6.07) is -5.08. The summed E-state index contributed by atoms with van der Waals surface area (Å²) in [7, 11) is 0. The molecule has 0 saturated carbocycles. The standard InChI is InChI=1S/C18H29N5O8/c1-8(2)14(17(29)23-5-3-4-11(23)18(30)31)22-16(28)10(7-12(20)24)21-15(27)9(19)6-13(25)26/h8-11,14H,3-7,19H2,1-2H3,(H2,20,24)(H,21,27)(H,22,28)(H,25,26)(H,30,31). The maximum atomic E-state index is 12.9. The quantitative estimate of drug-likeness (QED) is 0.196. The fourth-order valence-corrected chi connectivity index (χ4v) is 3.20. The number of nitrogens with zero attached hydrogens (tertiary/aromatic N) is 1. The van der Waals surface area contributed by atoms with Crippen molar-refractivity contribution in [3.05, 3.63) is 0 Å². The molecule has 174 valence electrons. The lowest BCUT2D eigenvalue weighted by atomic mass is 10.0. The monoisotopic (exact) mass is 443 g/mol. The van der Waals surface area contributed by atoms with Crippen molar-refractivity contribution < 1.29 is 39.0 Å². The first-order valence-electron chi connectivity index (χ1n) is 9.74. The number of carboxylic acid groups (broad SMARTS) is 2. The smallest absolute Gasteiger partial charge is 0.326 e. The van der Waals surface area contributed by atoms with Crippen LogP contribution in [0.2, 0.25) is 0 Å². The van der Waals surface area contributed by atoms with Crippen LogP contribution in [0.5, 0.6) is 0 Å². The van der Waals surface area contributed by atoms with E-state index >= 15 is 0 Å². The highest BCUT2D eigenvalue weighted by atomic mass is 16.4. The fraction of sp³-hybridized carbons (Fsp3) is 0.667. The van der Waals surface area contributed by atoms with E-state index < -0.39 is 78.5 Å². The molecule has 13 nitrogen and oxygen atoms in total. The van der Waals surface area contributed by atoms with Gasteiger partial charge in [0, 0.05) is 6.54 Å². The lowest BCUT2D eigenvalue weighted by Gasteiger charge is -2.30. The number of amides is 4. The van der Waals surface area contributed by atoms with Gasteiger partial charge in [0.15, 0.2) is 0 Å². The minimum Gasteiger partial charge on any atom is -0.481 e. The van der Waals surface area contributed by atoms with Crippen LogP contribution in [0.15, 0.2) is 0 Å². The number of likely N-dealkylation sites (tertiary alicyclic amines) is 1. The van der Waals surface area contributed by atoms with Crippen molar-refractivity contribution in [3.63, 3.8) is 0 Å². The first-order chi connectivity index (χ1) is 14.3.